The van der Waals surface area contributed by atoms with Crippen molar-refractivity contribution in [2.45, 2.75) is 69.9 Å². The van der Waals surface area contributed by atoms with Crippen molar-refractivity contribution in [3.05, 3.63) is 0 Å². The fraction of sp³-hybridized carbons (Fsp3) is 1.00. The molecule has 0 spiro atoms. The van der Waals surface area contributed by atoms with E-state index in [9.17, 15) is 0 Å². The molecule has 0 aromatic heterocycles. The molecule has 3 aliphatic rings. The van der Waals surface area contributed by atoms with Crippen LogP contribution in [0.2, 0.25) is 0 Å². The van der Waals surface area contributed by atoms with Crippen LogP contribution in [0, 0.1) is 11.8 Å². The van der Waals surface area contributed by atoms with Gasteiger partial charge in [0, 0.05) is 6.04 Å². The summed E-state index contributed by atoms with van der Waals surface area (Å²) in [6.45, 7) is 1.90. The van der Waals surface area contributed by atoms with E-state index in [2.05, 4.69) is 5.32 Å². The van der Waals surface area contributed by atoms with Crippen molar-refractivity contribution in [3.63, 3.8) is 0 Å². The molecule has 0 amide bonds. The molecule has 2 nitrogen and oxygen atoms in total. The van der Waals surface area contributed by atoms with Gasteiger partial charge in [-0.25, -0.2) is 0 Å². The minimum absolute atomic E-state index is 0.671. The molecule has 1 heterocycles. The Labute approximate surface area is 105 Å². The standard InChI is InChI=1S/C15H27NO/c1-2-6-12(7-3-1)14-8-4-5-9-15(14)16-13-10-17-11-13/h12-16H,1-11H2. The number of ether oxygens (including phenoxy) is 1. The smallest absolute Gasteiger partial charge is 0.0643 e. The molecule has 2 heteroatoms. The van der Waals surface area contributed by atoms with Crippen molar-refractivity contribution < 1.29 is 4.74 Å². The quantitative estimate of drug-likeness (QED) is 0.814. The molecule has 0 aromatic carbocycles. The first kappa shape index (κ1) is 12.0. The van der Waals surface area contributed by atoms with Crippen molar-refractivity contribution in [1.82, 2.24) is 5.32 Å². The molecule has 0 bridgehead atoms. The molecule has 17 heavy (non-hydrogen) atoms. The number of nitrogens with one attached hydrogen (secondary N) is 1. The van der Waals surface area contributed by atoms with Crippen molar-refractivity contribution in [2.24, 2.45) is 11.8 Å². The fourth-order valence-corrected chi connectivity index (χ4v) is 4.13. The molecule has 98 valence electrons. The molecule has 2 aliphatic carbocycles. The Morgan fingerprint density at radius 2 is 1.47 bits per heavy atom. The van der Waals surface area contributed by atoms with E-state index in [-0.39, 0.29) is 0 Å². The van der Waals surface area contributed by atoms with E-state index in [1.165, 1.54) is 57.8 Å². The van der Waals surface area contributed by atoms with E-state index in [1.807, 2.05) is 0 Å². The van der Waals surface area contributed by atoms with Gasteiger partial charge in [-0.15, -0.1) is 0 Å². The zero-order chi connectivity index (χ0) is 11.5. The van der Waals surface area contributed by atoms with Gasteiger partial charge in [0.25, 0.3) is 0 Å². The lowest BCUT2D eigenvalue weighted by Crippen LogP contribution is -2.54. The largest absolute Gasteiger partial charge is 0.378 e. The Bertz CT molecular complexity index is 233. The molecule has 0 aromatic rings. The zero-order valence-corrected chi connectivity index (χ0v) is 11.0. The monoisotopic (exact) mass is 237 g/mol. The van der Waals surface area contributed by atoms with Gasteiger partial charge in [-0.3, -0.25) is 0 Å². The molecule has 1 N–H and O–H groups in total. The summed E-state index contributed by atoms with van der Waals surface area (Å²) >= 11 is 0. The van der Waals surface area contributed by atoms with Crippen LogP contribution in [0.25, 0.3) is 0 Å². The third kappa shape index (κ3) is 2.85. The van der Waals surface area contributed by atoms with E-state index in [4.69, 9.17) is 4.74 Å². The highest BCUT2D eigenvalue weighted by Gasteiger charge is 2.34. The lowest BCUT2D eigenvalue weighted by Gasteiger charge is -2.42. The SMILES string of the molecule is C1CCC(C2CCCCC2NC2COC2)CC1. The van der Waals surface area contributed by atoms with Crippen LogP contribution in [-0.4, -0.2) is 25.3 Å². The first-order valence-corrected chi connectivity index (χ1v) is 7.77. The normalized spacial score (nSPS) is 36.7. The van der Waals surface area contributed by atoms with Gasteiger partial charge in [-0.05, 0) is 24.7 Å². The van der Waals surface area contributed by atoms with Gasteiger partial charge in [-0.2, -0.15) is 0 Å². The van der Waals surface area contributed by atoms with Crippen LogP contribution in [0.5, 0.6) is 0 Å². The van der Waals surface area contributed by atoms with Crippen LogP contribution < -0.4 is 5.32 Å². The van der Waals surface area contributed by atoms with Gasteiger partial charge >= 0.3 is 0 Å². The van der Waals surface area contributed by atoms with Crippen molar-refractivity contribution >= 4 is 0 Å². The fourth-order valence-electron chi connectivity index (χ4n) is 4.13. The van der Waals surface area contributed by atoms with E-state index in [1.54, 1.807) is 0 Å². The highest BCUT2D eigenvalue weighted by Crippen LogP contribution is 2.38. The average molecular weight is 237 g/mol. The predicted molar refractivity (Wildman–Crippen MR) is 70.1 cm³/mol. The minimum Gasteiger partial charge on any atom is -0.378 e. The topological polar surface area (TPSA) is 21.3 Å². The van der Waals surface area contributed by atoms with Gasteiger partial charge in [0.15, 0.2) is 0 Å². The molecule has 1 saturated heterocycles. The van der Waals surface area contributed by atoms with Crippen LogP contribution in [0.3, 0.4) is 0 Å². The van der Waals surface area contributed by atoms with Crippen molar-refractivity contribution in [1.29, 1.82) is 0 Å². The Hall–Kier alpha value is -0.0800. The summed E-state index contributed by atoms with van der Waals surface area (Å²) in [5.74, 6) is 2.01. The Morgan fingerprint density at radius 1 is 0.765 bits per heavy atom. The summed E-state index contributed by atoms with van der Waals surface area (Å²) < 4.78 is 5.29. The summed E-state index contributed by atoms with van der Waals surface area (Å²) in [7, 11) is 0. The van der Waals surface area contributed by atoms with Gasteiger partial charge in [0.05, 0.1) is 19.3 Å². The molecule has 3 rings (SSSR count). The summed E-state index contributed by atoms with van der Waals surface area (Å²) in [5.41, 5.74) is 0. The highest BCUT2D eigenvalue weighted by atomic mass is 16.5. The molecule has 2 atom stereocenters. The van der Waals surface area contributed by atoms with Crippen molar-refractivity contribution in [3.8, 4) is 0 Å². The van der Waals surface area contributed by atoms with Gasteiger partial charge in [-0.1, -0.05) is 44.9 Å². The summed E-state index contributed by atoms with van der Waals surface area (Å²) in [5, 5.41) is 3.88. The molecule has 0 radical (unpaired) electrons. The first-order valence-electron chi connectivity index (χ1n) is 7.77. The minimum atomic E-state index is 0.671. The maximum Gasteiger partial charge on any atom is 0.0643 e. The Kier molecular flexibility index (Phi) is 4.02. The summed E-state index contributed by atoms with van der Waals surface area (Å²) in [6, 6.07) is 1.48. The second-order valence-corrected chi connectivity index (χ2v) is 6.35. The van der Waals surface area contributed by atoms with Gasteiger partial charge in [0.2, 0.25) is 0 Å². The summed E-state index contributed by atoms with van der Waals surface area (Å²) in [6.07, 6.45) is 13.3. The number of hydrogen-bond donors (Lipinski definition) is 1. The summed E-state index contributed by atoms with van der Waals surface area (Å²) in [4.78, 5) is 0. The van der Waals surface area contributed by atoms with Crippen LogP contribution in [-0.2, 0) is 4.74 Å². The van der Waals surface area contributed by atoms with E-state index in [0.29, 0.717) is 6.04 Å². The lowest BCUT2D eigenvalue weighted by molar-refractivity contribution is -0.0195. The van der Waals surface area contributed by atoms with Crippen LogP contribution in [0.15, 0.2) is 0 Å². The molecular weight excluding hydrogens is 210 g/mol. The predicted octanol–water partition coefficient (Wildman–Crippen LogP) is 3.11. The lowest BCUT2D eigenvalue weighted by atomic mass is 9.71. The third-order valence-corrected chi connectivity index (χ3v) is 5.16. The Morgan fingerprint density at radius 3 is 2.18 bits per heavy atom. The van der Waals surface area contributed by atoms with E-state index < -0.39 is 0 Å². The van der Waals surface area contributed by atoms with Crippen LogP contribution in [0.4, 0.5) is 0 Å². The zero-order valence-electron chi connectivity index (χ0n) is 11.0. The third-order valence-electron chi connectivity index (χ3n) is 5.16. The van der Waals surface area contributed by atoms with E-state index in [0.717, 1.165) is 31.1 Å². The number of hydrogen-bond acceptors (Lipinski definition) is 2. The maximum absolute atomic E-state index is 5.29. The number of rotatable bonds is 3. The second-order valence-electron chi connectivity index (χ2n) is 6.35. The Balaban J connectivity index is 1.57. The molecule has 3 fully saturated rings. The first-order chi connectivity index (χ1) is 8.43. The highest BCUT2D eigenvalue weighted by molar-refractivity contribution is 4.90. The maximum atomic E-state index is 5.29. The van der Waals surface area contributed by atoms with Crippen molar-refractivity contribution in [2.75, 3.05) is 13.2 Å². The molecule has 1 aliphatic heterocycles. The van der Waals surface area contributed by atoms with Gasteiger partial charge in [0.1, 0.15) is 0 Å². The second kappa shape index (κ2) is 5.71. The molecule has 2 saturated carbocycles. The van der Waals surface area contributed by atoms with E-state index >= 15 is 0 Å². The van der Waals surface area contributed by atoms with Gasteiger partial charge < -0.3 is 10.1 Å². The molecule has 2 unspecified atom stereocenters. The van der Waals surface area contributed by atoms with Crippen LogP contribution in [0.1, 0.15) is 57.8 Å². The van der Waals surface area contributed by atoms with Crippen LogP contribution >= 0.6 is 0 Å². The average Bonchev–Trinajstić information content (AvgIpc) is 2.35. The molecular formula is C15H27NO.